The fourth-order valence-corrected chi connectivity index (χ4v) is 2.01. The Morgan fingerprint density at radius 3 is 2.83 bits per heavy atom. The highest BCUT2D eigenvalue weighted by Crippen LogP contribution is 2.08. The van der Waals surface area contributed by atoms with Crippen LogP contribution in [0.5, 0.6) is 5.75 Å². The summed E-state index contributed by atoms with van der Waals surface area (Å²) in [5.41, 5.74) is 0. The van der Waals surface area contributed by atoms with Gasteiger partial charge in [-0.05, 0) is 31.5 Å². The van der Waals surface area contributed by atoms with E-state index in [1.54, 1.807) is 0 Å². The molecule has 0 radical (unpaired) electrons. The van der Waals surface area contributed by atoms with E-state index in [1.165, 1.54) is 0 Å². The second-order valence-corrected chi connectivity index (χ2v) is 4.44. The van der Waals surface area contributed by atoms with E-state index in [-0.39, 0.29) is 12.5 Å². The topological polar surface area (TPSA) is 41.6 Å². The van der Waals surface area contributed by atoms with Crippen LogP contribution in [-0.2, 0) is 4.79 Å². The summed E-state index contributed by atoms with van der Waals surface area (Å²) in [5, 5.41) is 3.31. The van der Waals surface area contributed by atoms with Crippen LogP contribution in [0.25, 0.3) is 0 Å². The summed E-state index contributed by atoms with van der Waals surface area (Å²) in [5.74, 6) is 0.818. The number of nitrogens with one attached hydrogen (secondary N) is 1. The first-order chi connectivity index (χ1) is 8.86. The third kappa shape index (κ3) is 4.04. The van der Waals surface area contributed by atoms with Crippen LogP contribution in [0.1, 0.15) is 12.8 Å². The van der Waals surface area contributed by atoms with Gasteiger partial charge in [-0.25, -0.2) is 0 Å². The first kappa shape index (κ1) is 12.9. The minimum absolute atomic E-state index is 0.0718. The SMILES string of the molecule is O=C(COc1ccccc1)N1CCCCNCC1. The number of ether oxygens (including phenoxy) is 1. The summed E-state index contributed by atoms with van der Waals surface area (Å²) in [7, 11) is 0. The molecule has 0 aromatic heterocycles. The lowest BCUT2D eigenvalue weighted by Crippen LogP contribution is -2.42. The zero-order chi connectivity index (χ0) is 12.6. The highest BCUT2D eigenvalue weighted by molar-refractivity contribution is 5.77. The van der Waals surface area contributed by atoms with Crippen molar-refractivity contribution < 1.29 is 9.53 Å². The molecule has 1 aromatic rings. The number of carbonyl (C=O) groups is 1. The fraction of sp³-hybridized carbons (Fsp3) is 0.500. The van der Waals surface area contributed by atoms with E-state index in [0.717, 1.165) is 44.8 Å². The molecule has 1 aromatic carbocycles. The Labute approximate surface area is 108 Å². The van der Waals surface area contributed by atoms with Crippen LogP contribution >= 0.6 is 0 Å². The minimum Gasteiger partial charge on any atom is -0.484 e. The van der Waals surface area contributed by atoms with Gasteiger partial charge in [0.1, 0.15) is 5.75 Å². The molecule has 1 amide bonds. The van der Waals surface area contributed by atoms with Gasteiger partial charge in [0.05, 0.1) is 0 Å². The van der Waals surface area contributed by atoms with Crippen LogP contribution in [0.4, 0.5) is 0 Å². The van der Waals surface area contributed by atoms with Crippen molar-refractivity contribution in [2.75, 3.05) is 32.8 Å². The van der Waals surface area contributed by atoms with Crippen molar-refractivity contribution in [3.8, 4) is 5.75 Å². The lowest BCUT2D eigenvalue weighted by Gasteiger charge is -2.25. The number of rotatable bonds is 3. The second kappa shape index (κ2) is 7.01. The molecule has 1 aliphatic rings. The maximum atomic E-state index is 12.0. The maximum Gasteiger partial charge on any atom is 0.260 e. The number of carbonyl (C=O) groups excluding carboxylic acids is 1. The molecule has 0 bridgehead atoms. The predicted octanol–water partition coefficient (Wildman–Crippen LogP) is 1.28. The normalized spacial score (nSPS) is 16.8. The molecule has 0 saturated carbocycles. The van der Waals surface area contributed by atoms with Crippen LogP contribution in [0, 0.1) is 0 Å². The van der Waals surface area contributed by atoms with Crippen molar-refractivity contribution in [2.45, 2.75) is 12.8 Å². The Bertz CT molecular complexity index is 359. The number of para-hydroxylation sites is 1. The van der Waals surface area contributed by atoms with Crippen molar-refractivity contribution in [1.82, 2.24) is 10.2 Å². The van der Waals surface area contributed by atoms with E-state index in [1.807, 2.05) is 35.2 Å². The Morgan fingerprint density at radius 2 is 2.00 bits per heavy atom. The van der Waals surface area contributed by atoms with Crippen LogP contribution in [0.15, 0.2) is 30.3 Å². The summed E-state index contributed by atoms with van der Waals surface area (Å²) in [6.45, 7) is 3.68. The fourth-order valence-electron chi connectivity index (χ4n) is 2.01. The van der Waals surface area contributed by atoms with E-state index < -0.39 is 0 Å². The van der Waals surface area contributed by atoms with Gasteiger partial charge >= 0.3 is 0 Å². The number of hydrogen-bond acceptors (Lipinski definition) is 3. The minimum atomic E-state index is 0.0718. The molecule has 1 saturated heterocycles. The van der Waals surface area contributed by atoms with Crippen LogP contribution < -0.4 is 10.1 Å². The van der Waals surface area contributed by atoms with Gasteiger partial charge in [-0.15, -0.1) is 0 Å². The first-order valence-corrected chi connectivity index (χ1v) is 6.52. The molecule has 18 heavy (non-hydrogen) atoms. The van der Waals surface area contributed by atoms with Gasteiger partial charge in [-0.2, -0.15) is 0 Å². The Kier molecular flexibility index (Phi) is 5.02. The lowest BCUT2D eigenvalue weighted by molar-refractivity contribution is -0.133. The van der Waals surface area contributed by atoms with Crippen molar-refractivity contribution in [3.63, 3.8) is 0 Å². The molecule has 4 heteroatoms. The average Bonchev–Trinajstić information content (AvgIpc) is 2.37. The molecule has 0 unspecified atom stereocenters. The maximum absolute atomic E-state index is 12.0. The average molecular weight is 248 g/mol. The summed E-state index contributed by atoms with van der Waals surface area (Å²) < 4.78 is 5.48. The Balaban J connectivity index is 1.79. The summed E-state index contributed by atoms with van der Waals surface area (Å²) in [6, 6.07) is 9.46. The van der Waals surface area contributed by atoms with Gasteiger partial charge < -0.3 is 15.0 Å². The highest BCUT2D eigenvalue weighted by Gasteiger charge is 2.14. The van der Waals surface area contributed by atoms with Crippen molar-refractivity contribution >= 4 is 5.91 Å². The van der Waals surface area contributed by atoms with Crippen LogP contribution in [0.2, 0.25) is 0 Å². The van der Waals surface area contributed by atoms with E-state index in [4.69, 9.17) is 4.74 Å². The molecular weight excluding hydrogens is 228 g/mol. The summed E-state index contributed by atoms with van der Waals surface area (Å²) >= 11 is 0. The van der Waals surface area contributed by atoms with Gasteiger partial charge in [0.2, 0.25) is 0 Å². The molecule has 1 aliphatic heterocycles. The number of amides is 1. The zero-order valence-corrected chi connectivity index (χ0v) is 10.6. The summed E-state index contributed by atoms with van der Waals surface area (Å²) in [4.78, 5) is 13.9. The number of nitrogens with zero attached hydrogens (tertiary/aromatic N) is 1. The van der Waals surface area contributed by atoms with E-state index in [0.29, 0.717) is 0 Å². The van der Waals surface area contributed by atoms with Crippen molar-refractivity contribution in [1.29, 1.82) is 0 Å². The molecule has 1 N–H and O–H groups in total. The summed E-state index contributed by atoms with van der Waals surface area (Å²) in [6.07, 6.45) is 2.19. The van der Waals surface area contributed by atoms with Gasteiger partial charge in [-0.3, -0.25) is 4.79 Å². The predicted molar refractivity (Wildman–Crippen MR) is 70.6 cm³/mol. The van der Waals surface area contributed by atoms with E-state index in [9.17, 15) is 4.79 Å². The third-order valence-corrected chi connectivity index (χ3v) is 3.05. The van der Waals surface area contributed by atoms with E-state index >= 15 is 0 Å². The molecule has 98 valence electrons. The Morgan fingerprint density at radius 1 is 1.17 bits per heavy atom. The zero-order valence-electron chi connectivity index (χ0n) is 10.6. The first-order valence-electron chi connectivity index (χ1n) is 6.52. The van der Waals surface area contributed by atoms with Crippen LogP contribution in [0.3, 0.4) is 0 Å². The largest absolute Gasteiger partial charge is 0.484 e. The standard InChI is InChI=1S/C14H20N2O2/c17-14(12-18-13-6-2-1-3-7-13)16-10-5-4-8-15-9-11-16/h1-3,6-7,15H,4-5,8-12H2. The van der Waals surface area contributed by atoms with Crippen molar-refractivity contribution in [2.24, 2.45) is 0 Å². The van der Waals surface area contributed by atoms with Crippen LogP contribution in [-0.4, -0.2) is 43.6 Å². The van der Waals surface area contributed by atoms with E-state index in [2.05, 4.69) is 5.32 Å². The molecule has 0 atom stereocenters. The molecule has 1 heterocycles. The van der Waals surface area contributed by atoms with Gasteiger partial charge in [0, 0.05) is 19.6 Å². The molecular formula is C14H20N2O2. The van der Waals surface area contributed by atoms with Gasteiger partial charge in [0.25, 0.3) is 5.91 Å². The monoisotopic (exact) mass is 248 g/mol. The molecule has 2 rings (SSSR count). The molecule has 4 nitrogen and oxygen atoms in total. The lowest BCUT2D eigenvalue weighted by atomic mass is 10.2. The second-order valence-electron chi connectivity index (χ2n) is 4.44. The number of hydrogen-bond donors (Lipinski definition) is 1. The van der Waals surface area contributed by atoms with Gasteiger partial charge in [0.15, 0.2) is 6.61 Å². The highest BCUT2D eigenvalue weighted by atomic mass is 16.5. The molecule has 0 spiro atoms. The molecule has 0 aliphatic carbocycles. The van der Waals surface area contributed by atoms with Gasteiger partial charge in [-0.1, -0.05) is 18.2 Å². The smallest absolute Gasteiger partial charge is 0.260 e. The molecule has 1 fully saturated rings. The third-order valence-electron chi connectivity index (χ3n) is 3.05. The quantitative estimate of drug-likeness (QED) is 0.876. The van der Waals surface area contributed by atoms with Crippen molar-refractivity contribution in [3.05, 3.63) is 30.3 Å². The number of benzene rings is 1. The Hall–Kier alpha value is -1.55.